The maximum atomic E-state index is 11.6. The number of hydrogen-bond donors (Lipinski definition) is 1. The third-order valence-electron chi connectivity index (χ3n) is 2.82. The van der Waals surface area contributed by atoms with Gasteiger partial charge < -0.3 is 14.8 Å². The summed E-state index contributed by atoms with van der Waals surface area (Å²) in [7, 11) is 0. The smallest absolute Gasteiger partial charge is 0.257 e. The molecule has 0 atom stereocenters. The number of carbonyl (C=O) groups is 1. The molecule has 0 unspecified atom stereocenters. The lowest BCUT2D eigenvalue weighted by Crippen LogP contribution is -2.30. The Morgan fingerprint density at radius 1 is 1.00 bits per heavy atom. The largest absolute Gasteiger partial charge is 0.494 e. The molecule has 2 rings (SSSR count). The minimum absolute atomic E-state index is 0.00992. The van der Waals surface area contributed by atoms with E-state index in [4.69, 9.17) is 9.47 Å². The van der Waals surface area contributed by atoms with Gasteiger partial charge in [-0.2, -0.15) is 0 Å². The van der Waals surface area contributed by atoms with Gasteiger partial charge in [0.1, 0.15) is 11.5 Å². The molecule has 0 fully saturated rings. The van der Waals surface area contributed by atoms with Crippen LogP contribution in [0.5, 0.6) is 11.5 Å². The number of hydrogen-bond acceptors (Lipinski definition) is 3. The third kappa shape index (κ3) is 6.18. The van der Waals surface area contributed by atoms with E-state index < -0.39 is 0 Å². The van der Waals surface area contributed by atoms with E-state index in [-0.39, 0.29) is 12.5 Å². The van der Waals surface area contributed by atoms with E-state index in [1.54, 1.807) is 0 Å². The molecule has 4 nitrogen and oxygen atoms in total. The van der Waals surface area contributed by atoms with Gasteiger partial charge in [0.15, 0.2) is 6.61 Å². The highest BCUT2D eigenvalue weighted by Crippen LogP contribution is 2.17. The van der Waals surface area contributed by atoms with Crippen LogP contribution in [0.3, 0.4) is 0 Å². The van der Waals surface area contributed by atoms with Crippen molar-refractivity contribution in [3.8, 4) is 11.5 Å². The van der Waals surface area contributed by atoms with Gasteiger partial charge in [0.05, 0.1) is 6.61 Å². The number of halogens is 1. The van der Waals surface area contributed by atoms with Crippen molar-refractivity contribution in [1.29, 1.82) is 0 Å². The monoisotopic (exact) mass is 363 g/mol. The second-order valence-electron chi connectivity index (χ2n) is 4.61. The van der Waals surface area contributed by atoms with E-state index in [1.165, 1.54) is 0 Å². The summed E-state index contributed by atoms with van der Waals surface area (Å²) >= 11 is 3.35. The standard InChI is InChI=1S/C17H18BrNO3/c18-14-6-4-9-16(12-14)22-13-17(20)19-10-5-11-21-15-7-2-1-3-8-15/h1-4,6-9,12H,5,10-11,13H2,(H,19,20). The topological polar surface area (TPSA) is 47.6 Å². The molecule has 0 bridgehead atoms. The number of ether oxygens (including phenoxy) is 2. The molecule has 0 aliphatic heterocycles. The Morgan fingerprint density at radius 3 is 2.55 bits per heavy atom. The molecule has 5 heteroatoms. The molecule has 116 valence electrons. The highest BCUT2D eigenvalue weighted by atomic mass is 79.9. The lowest BCUT2D eigenvalue weighted by atomic mass is 10.3. The highest BCUT2D eigenvalue weighted by Gasteiger charge is 2.02. The number of benzene rings is 2. The summed E-state index contributed by atoms with van der Waals surface area (Å²) in [5.74, 6) is 1.36. The Bertz CT molecular complexity index is 589. The second kappa shape index (κ2) is 9.10. The van der Waals surface area contributed by atoms with Gasteiger partial charge in [-0.25, -0.2) is 0 Å². The number of rotatable bonds is 8. The summed E-state index contributed by atoms with van der Waals surface area (Å²) in [6.45, 7) is 1.14. The summed E-state index contributed by atoms with van der Waals surface area (Å²) in [5.41, 5.74) is 0. The first-order valence-electron chi connectivity index (χ1n) is 7.07. The zero-order chi connectivity index (χ0) is 15.6. The maximum Gasteiger partial charge on any atom is 0.257 e. The molecule has 0 aliphatic carbocycles. The zero-order valence-corrected chi connectivity index (χ0v) is 13.7. The molecule has 2 aromatic carbocycles. The lowest BCUT2D eigenvalue weighted by molar-refractivity contribution is -0.123. The number of nitrogens with one attached hydrogen (secondary N) is 1. The fourth-order valence-corrected chi connectivity index (χ4v) is 2.14. The Morgan fingerprint density at radius 2 is 1.77 bits per heavy atom. The zero-order valence-electron chi connectivity index (χ0n) is 12.1. The third-order valence-corrected chi connectivity index (χ3v) is 3.31. The highest BCUT2D eigenvalue weighted by molar-refractivity contribution is 9.10. The van der Waals surface area contributed by atoms with E-state index in [0.717, 1.165) is 16.6 Å². The molecule has 0 aliphatic rings. The van der Waals surface area contributed by atoms with Crippen LogP contribution in [0.15, 0.2) is 59.1 Å². The van der Waals surface area contributed by atoms with E-state index in [9.17, 15) is 4.79 Å². The molecule has 0 spiro atoms. The van der Waals surface area contributed by atoms with Crippen molar-refractivity contribution in [3.63, 3.8) is 0 Å². The molecule has 0 radical (unpaired) electrons. The lowest BCUT2D eigenvalue weighted by Gasteiger charge is -2.08. The maximum absolute atomic E-state index is 11.6. The molecule has 0 aromatic heterocycles. The van der Waals surface area contributed by atoms with Crippen LogP contribution in [0.2, 0.25) is 0 Å². The van der Waals surface area contributed by atoms with Crippen molar-refractivity contribution in [2.24, 2.45) is 0 Å². The second-order valence-corrected chi connectivity index (χ2v) is 5.53. The van der Waals surface area contributed by atoms with Crippen molar-refractivity contribution in [3.05, 3.63) is 59.1 Å². The quantitative estimate of drug-likeness (QED) is 0.731. The van der Waals surface area contributed by atoms with Crippen molar-refractivity contribution in [2.45, 2.75) is 6.42 Å². The Balaban J connectivity index is 1.56. The molecule has 0 saturated heterocycles. The fourth-order valence-electron chi connectivity index (χ4n) is 1.76. The van der Waals surface area contributed by atoms with Crippen LogP contribution in [0.1, 0.15) is 6.42 Å². The van der Waals surface area contributed by atoms with Crippen LogP contribution < -0.4 is 14.8 Å². The van der Waals surface area contributed by atoms with Gasteiger partial charge in [-0.3, -0.25) is 4.79 Å². The van der Waals surface area contributed by atoms with Crippen LogP contribution in [-0.2, 0) is 4.79 Å². The van der Waals surface area contributed by atoms with Gasteiger partial charge in [-0.15, -0.1) is 0 Å². The summed E-state index contributed by atoms with van der Waals surface area (Å²) in [6.07, 6.45) is 0.748. The fraction of sp³-hybridized carbons (Fsp3) is 0.235. The van der Waals surface area contributed by atoms with Crippen molar-refractivity contribution in [2.75, 3.05) is 19.8 Å². The van der Waals surface area contributed by atoms with E-state index in [1.807, 2.05) is 54.6 Å². The number of carbonyl (C=O) groups excluding carboxylic acids is 1. The van der Waals surface area contributed by atoms with Gasteiger partial charge in [-0.05, 0) is 36.8 Å². The normalized spacial score (nSPS) is 10.0. The molecular formula is C17H18BrNO3. The Kier molecular flexibility index (Phi) is 6.77. The molecule has 22 heavy (non-hydrogen) atoms. The van der Waals surface area contributed by atoms with Crippen LogP contribution in [-0.4, -0.2) is 25.7 Å². The molecule has 0 saturated carbocycles. The van der Waals surface area contributed by atoms with Crippen LogP contribution in [0.4, 0.5) is 0 Å². The summed E-state index contributed by atoms with van der Waals surface area (Å²) < 4.78 is 11.9. The van der Waals surface area contributed by atoms with Crippen LogP contribution in [0.25, 0.3) is 0 Å². The Hall–Kier alpha value is -2.01. The average molecular weight is 364 g/mol. The van der Waals surface area contributed by atoms with Crippen LogP contribution >= 0.6 is 15.9 Å². The van der Waals surface area contributed by atoms with Crippen molar-refractivity contribution < 1.29 is 14.3 Å². The minimum atomic E-state index is -0.139. The van der Waals surface area contributed by atoms with Gasteiger partial charge in [0.25, 0.3) is 5.91 Å². The summed E-state index contributed by atoms with van der Waals surface area (Å²) in [6, 6.07) is 17.0. The molecule has 0 heterocycles. The number of amides is 1. The van der Waals surface area contributed by atoms with Crippen molar-refractivity contribution >= 4 is 21.8 Å². The van der Waals surface area contributed by atoms with Crippen LogP contribution in [0, 0.1) is 0 Å². The average Bonchev–Trinajstić information content (AvgIpc) is 2.54. The van der Waals surface area contributed by atoms with E-state index in [2.05, 4.69) is 21.2 Å². The van der Waals surface area contributed by atoms with Gasteiger partial charge in [-0.1, -0.05) is 40.2 Å². The van der Waals surface area contributed by atoms with E-state index >= 15 is 0 Å². The molecule has 1 amide bonds. The Labute approximate surface area is 138 Å². The molecule has 1 N–H and O–H groups in total. The molecular weight excluding hydrogens is 346 g/mol. The minimum Gasteiger partial charge on any atom is -0.494 e. The summed E-state index contributed by atoms with van der Waals surface area (Å²) in [5, 5.41) is 2.80. The van der Waals surface area contributed by atoms with E-state index in [0.29, 0.717) is 18.9 Å². The predicted molar refractivity (Wildman–Crippen MR) is 89.2 cm³/mol. The predicted octanol–water partition coefficient (Wildman–Crippen LogP) is 3.41. The number of para-hydroxylation sites is 1. The van der Waals surface area contributed by atoms with Crippen molar-refractivity contribution in [1.82, 2.24) is 5.32 Å². The van der Waals surface area contributed by atoms with Gasteiger partial charge >= 0.3 is 0 Å². The first kappa shape index (κ1) is 16.4. The summed E-state index contributed by atoms with van der Waals surface area (Å²) in [4.78, 5) is 11.6. The van der Waals surface area contributed by atoms with Gasteiger partial charge in [0, 0.05) is 11.0 Å². The first-order chi connectivity index (χ1) is 10.7. The first-order valence-corrected chi connectivity index (χ1v) is 7.86. The molecule has 2 aromatic rings. The SMILES string of the molecule is O=C(COc1cccc(Br)c1)NCCCOc1ccccc1. The van der Waals surface area contributed by atoms with Gasteiger partial charge in [0.2, 0.25) is 0 Å².